The molecule has 7 nitrogen and oxygen atoms in total. The Hall–Kier alpha value is -2.28. The molecule has 2 aromatic heterocycles. The van der Waals surface area contributed by atoms with Crippen molar-refractivity contribution in [3.05, 3.63) is 36.2 Å². The van der Waals surface area contributed by atoms with Crippen LogP contribution in [0.1, 0.15) is 17.3 Å². The van der Waals surface area contributed by atoms with E-state index < -0.39 is 0 Å². The first-order valence-electron chi connectivity index (χ1n) is 5.67. The van der Waals surface area contributed by atoms with Gasteiger partial charge in [-0.1, -0.05) is 0 Å². The quantitative estimate of drug-likeness (QED) is 0.843. The Kier molecular flexibility index (Phi) is 4.19. The van der Waals surface area contributed by atoms with Gasteiger partial charge in [0.25, 0.3) is 0 Å². The zero-order chi connectivity index (χ0) is 13.7. The summed E-state index contributed by atoms with van der Waals surface area (Å²) < 4.78 is 10.3. The van der Waals surface area contributed by atoms with E-state index in [1.54, 1.807) is 25.7 Å². The maximum Gasteiger partial charge on any atom is 0.240 e. The first-order chi connectivity index (χ1) is 9.30. The van der Waals surface area contributed by atoms with Crippen LogP contribution in [-0.2, 0) is 0 Å². The van der Waals surface area contributed by atoms with E-state index in [0.717, 1.165) is 5.56 Å². The Morgan fingerprint density at radius 3 is 2.42 bits per heavy atom. The predicted octanol–water partition coefficient (Wildman–Crippen LogP) is 0.593. The molecule has 0 aliphatic rings. The van der Waals surface area contributed by atoms with Crippen LogP contribution in [0.3, 0.4) is 0 Å². The minimum atomic E-state index is -0.199. The van der Waals surface area contributed by atoms with Gasteiger partial charge in [0.1, 0.15) is 12.0 Å². The van der Waals surface area contributed by atoms with Gasteiger partial charge in [-0.15, -0.1) is 0 Å². The molecule has 1 atom stereocenters. The van der Waals surface area contributed by atoms with Gasteiger partial charge in [0.2, 0.25) is 11.8 Å². The van der Waals surface area contributed by atoms with Gasteiger partial charge in [0, 0.05) is 18.0 Å². The summed E-state index contributed by atoms with van der Waals surface area (Å²) in [6, 6.07) is -0.199. The van der Waals surface area contributed by atoms with E-state index in [1.165, 1.54) is 13.4 Å². The van der Waals surface area contributed by atoms with Gasteiger partial charge in [0.05, 0.1) is 26.5 Å². The first kappa shape index (κ1) is 13.2. The topological polar surface area (TPSA) is 82.1 Å². The van der Waals surface area contributed by atoms with Crippen molar-refractivity contribution in [3.63, 3.8) is 0 Å². The van der Waals surface area contributed by atoms with Crippen LogP contribution in [0.25, 0.3) is 0 Å². The van der Waals surface area contributed by atoms with Crippen LogP contribution in [-0.4, -0.2) is 41.2 Å². The summed E-state index contributed by atoms with van der Waals surface area (Å²) in [7, 11) is 4.90. The second kappa shape index (κ2) is 6.05. The van der Waals surface area contributed by atoms with Gasteiger partial charge in [-0.3, -0.25) is 0 Å². The molecule has 0 bridgehead atoms. The van der Waals surface area contributed by atoms with Crippen molar-refractivity contribution < 1.29 is 9.47 Å². The molecule has 1 unspecified atom stereocenters. The van der Waals surface area contributed by atoms with E-state index in [-0.39, 0.29) is 6.04 Å². The van der Waals surface area contributed by atoms with Crippen molar-refractivity contribution in [1.29, 1.82) is 0 Å². The standard InChI is InChI=1S/C12H15N5O2/c1-13-10(8-4-14-7-15-5-8)11-12(19-3)17-9(18-2)6-16-11/h4-7,10,13H,1-3H3. The number of nitrogens with zero attached hydrogens (tertiary/aromatic N) is 4. The van der Waals surface area contributed by atoms with Gasteiger partial charge in [0.15, 0.2) is 0 Å². The largest absolute Gasteiger partial charge is 0.480 e. The van der Waals surface area contributed by atoms with Crippen molar-refractivity contribution in [3.8, 4) is 11.8 Å². The van der Waals surface area contributed by atoms with Gasteiger partial charge >= 0.3 is 0 Å². The van der Waals surface area contributed by atoms with Crippen LogP contribution < -0.4 is 14.8 Å². The average molecular weight is 261 g/mol. The monoisotopic (exact) mass is 261 g/mol. The van der Waals surface area contributed by atoms with E-state index >= 15 is 0 Å². The molecule has 0 aliphatic heterocycles. The summed E-state index contributed by atoms with van der Waals surface area (Å²) in [4.78, 5) is 16.6. The zero-order valence-corrected chi connectivity index (χ0v) is 11.0. The predicted molar refractivity (Wildman–Crippen MR) is 68.1 cm³/mol. The summed E-state index contributed by atoms with van der Waals surface area (Å²) in [5.41, 5.74) is 1.53. The number of aromatic nitrogens is 4. The van der Waals surface area contributed by atoms with E-state index in [2.05, 4.69) is 25.3 Å². The zero-order valence-electron chi connectivity index (χ0n) is 11.0. The molecule has 0 amide bonds. The summed E-state index contributed by atoms with van der Waals surface area (Å²) in [5, 5.41) is 3.14. The first-order valence-corrected chi connectivity index (χ1v) is 5.67. The highest BCUT2D eigenvalue weighted by molar-refractivity contribution is 5.32. The van der Waals surface area contributed by atoms with Crippen molar-refractivity contribution in [2.24, 2.45) is 0 Å². The van der Waals surface area contributed by atoms with Gasteiger partial charge < -0.3 is 14.8 Å². The normalized spacial score (nSPS) is 11.9. The van der Waals surface area contributed by atoms with Crippen LogP contribution in [0.2, 0.25) is 0 Å². The van der Waals surface area contributed by atoms with E-state index in [4.69, 9.17) is 9.47 Å². The summed E-state index contributed by atoms with van der Waals surface area (Å²) in [6.07, 6.45) is 6.47. The minimum Gasteiger partial charge on any atom is -0.480 e. The van der Waals surface area contributed by atoms with Crippen molar-refractivity contribution >= 4 is 0 Å². The average Bonchev–Trinajstić information content (AvgIpc) is 2.49. The molecular weight excluding hydrogens is 246 g/mol. The Labute approximate surface area is 111 Å². The minimum absolute atomic E-state index is 0.199. The fourth-order valence-electron chi connectivity index (χ4n) is 1.73. The maximum absolute atomic E-state index is 5.26. The number of hydrogen-bond acceptors (Lipinski definition) is 7. The van der Waals surface area contributed by atoms with Crippen molar-refractivity contribution in [1.82, 2.24) is 25.3 Å². The molecule has 0 aliphatic carbocycles. The number of nitrogens with one attached hydrogen (secondary N) is 1. The Morgan fingerprint density at radius 2 is 1.84 bits per heavy atom. The molecule has 1 N–H and O–H groups in total. The lowest BCUT2D eigenvalue weighted by molar-refractivity contribution is 0.353. The summed E-state index contributed by atoms with van der Waals surface area (Å²) in [6.45, 7) is 0. The van der Waals surface area contributed by atoms with Crippen LogP contribution in [0.15, 0.2) is 24.9 Å². The highest BCUT2D eigenvalue weighted by Crippen LogP contribution is 2.27. The fourth-order valence-corrected chi connectivity index (χ4v) is 1.73. The molecule has 0 aromatic carbocycles. The molecular formula is C12H15N5O2. The third-order valence-corrected chi connectivity index (χ3v) is 2.62. The second-order valence-corrected chi connectivity index (χ2v) is 3.70. The molecule has 2 aromatic rings. The van der Waals surface area contributed by atoms with Crippen molar-refractivity contribution in [2.75, 3.05) is 21.3 Å². The van der Waals surface area contributed by atoms with Gasteiger partial charge in [-0.2, -0.15) is 4.98 Å². The van der Waals surface area contributed by atoms with Gasteiger partial charge in [-0.05, 0) is 7.05 Å². The lowest BCUT2D eigenvalue weighted by atomic mass is 10.1. The lowest BCUT2D eigenvalue weighted by Crippen LogP contribution is -2.20. The molecule has 2 heterocycles. The molecule has 19 heavy (non-hydrogen) atoms. The highest BCUT2D eigenvalue weighted by atomic mass is 16.5. The van der Waals surface area contributed by atoms with E-state index in [9.17, 15) is 0 Å². The van der Waals surface area contributed by atoms with Crippen LogP contribution >= 0.6 is 0 Å². The Balaban J connectivity index is 2.43. The summed E-state index contributed by atoms with van der Waals surface area (Å²) >= 11 is 0. The summed E-state index contributed by atoms with van der Waals surface area (Å²) in [5.74, 6) is 0.808. The molecule has 0 saturated heterocycles. The molecule has 100 valence electrons. The van der Waals surface area contributed by atoms with Crippen LogP contribution in [0.4, 0.5) is 0 Å². The molecule has 0 fully saturated rings. The number of ether oxygens (including phenoxy) is 2. The molecule has 7 heteroatoms. The van der Waals surface area contributed by atoms with E-state index in [1.807, 2.05) is 7.05 Å². The van der Waals surface area contributed by atoms with Crippen LogP contribution in [0, 0.1) is 0 Å². The smallest absolute Gasteiger partial charge is 0.240 e. The SMILES string of the molecule is CNC(c1cncnc1)c1ncc(OC)nc1OC. The fraction of sp³-hybridized carbons (Fsp3) is 0.333. The van der Waals surface area contributed by atoms with E-state index in [0.29, 0.717) is 17.5 Å². The highest BCUT2D eigenvalue weighted by Gasteiger charge is 2.20. The molecule has 0 spiro atoms. The molecule has 0 saturated carbocycles. The molecule has 0 radical (unpaired) electrons. The third kappa shape index (κ3) is 2.76. The van der Waals surface area contributed by atoms with Crippen LogP contribution in [0.5, 0.6) is 11.8 Å². The Morgan fingerprint density at radius 1 is 1.11 bits per heavy atom. The third-order valence-electron chi connectivity index (χ3n) is 2.62. The lowest BCUT2D eigenvalue weighted by Gasteiger charge is -2.17. The number of methoxy groups -OCH3 is 2. The Bertz CT molecular complexity index is 535. The molecule has 2 rings (SSSR count). The second-order valence-electron chi connectivity index (χ2n) is 3.70. The van der Waals surface area contributed by atoms with Gasteiger partial charge in [-0.25, -0.2) is 15.0 Å². The van der Waals surface area contributed by atoms with Crippen molar-refractivity contribution in [2.45, 2.75) is 6.04 Å². The maximum atomic E-state index is 5.26. The number of rotatable bonds is 5. The number of hydrogen-bond donors (Lipinski definition) is 1.